The van der Waals surface area contributed by atoms with Crippen molar-refractivity contribution in [2.75, 3.05) is 48.9 Å². The summed E-state index contributed by atoms with van der Waals surface area (Å²) in [5.74, 6) is 1.76. The molecule has 1 aliphatic heterocycles. The highest BCUT2D eigenvalue weighted by Gasteiger charge is 2.23. The summed E-state index contributed by atoms with van der Waals surface area (Å²) in [5, 5.41) is 7.74. The van der Waals surface area contributed by atoms with Gasteiger partial charge in [0.2, 0.25) is 5.95 Å². The van der Waals surface area contributed by atoms with Crippen LogP contribution < -0.4 is 20.3 Å². The third-order valence-corrected chi connectivity index (χ3v) is 6.89. The number of nitrogens with zero attached hydrogens (tertiary/aromatic N) is 4. The van der Waals surface area contributed by atoms with Crippen LogP contribution in [0.5, 0.6) is 5.75 Å². The predicted octanol–water partition coefficient (Wildman–Crippen LogP) is 5.55. The van der Waals surface area contributed by atoms with Gasteiger partial charge in [-0.2, -0.15) is 9.97 Å². The van der Waals surface area contributed by atoms with Gasteiger partial charge in [-0.1, -0.05) is 19.3 Å². The average Bonchev–Trinajstić information content (AvgIpc) is 3.34. The normalized spacial score (nSPS) is 16.9. The topological polar surface area (TPSA) is 103 Å². The van der Waals surface area contributed by atoms with Crippen molar-refractivity contribution in [1.29, 1.82) is 0 Å². The number of hydrogen-bond acceptors (Lipinski definition) is 9. The summed E-state index contributed by atoms with van der Waals surface area (Å²) >= 11 is 0. The van der Waals surface area contributed by atoms with Gasteiger partial charge in [-0.25, -0.2) is 9.36 Å². The van der Waals surface area contributed by atoms with Gasteiger partial charge in [0.1, 0.15) is 17.2 Å². The van der Waals surface area contributed by atoms with Crippen LogP contribution in [0.3, 0.4) is 0 Å². The van der Waals surface area contributed by atoms with Gasteiger partial charge in [-0.05, 0) is 51.8 Å². The number of nitrogens with one attached hydrogen (secondary N) is 2. The first-order chi connectivity index (χ1) is 18.3. The number of aromatic nitrogens is 3. The summed E-state index contributed by atoms with van der Waals surface area (Å²) in [6.07, 6.45) is 7.06. The Balaban J connectivity index is 1.49. The van der Waals surface area contributed by atoms with E-state index in [0.29, 0.717) is 42.4 Å². The minimum atomic E-state index is -0.624. The lowest BCUT2D eigenvalue weighted by molar-refractivity contribution is 0.0543. The Hall–Kier alpha value is -3.53. The second-order valence-corrected chi connectivity index (χ2v) is 10.9. The lowest BCUT2D eigenvalue weighted by Crippen LogP contribution is -2.36. The fourth-order valence-electron chi connectivity index (χ4n) is 5.00. The minimum Gasteiger partial charge on any atom is -0.494 e. The first-order valence-corrected chi connectivity index (χ1v) is 13.5. The molecule has 0 atom stereocenters. The molecule has 38 heavy (non-hydrogen) atoms. The number of hydrogen-bond donors (Lipinski definition) is 2. The van der Waals surface area contributed by atoms with Crippen LogP contribution in [0.15, 0.2) is 30.5 Å². The maximum atomic E-state index is 13.0. The van der Waals surface area contributed by atoms with E-state index in [2.05, 4.69) is 21.6 Å². The molecule has 1 saturated heterocycles. The van der Waals surface area contributed by atoms with Crippen LogP contribution >= 0.6 is 0 Å². The van der Waals surface area contributed by atoms with Gasteiger partial charge < -0.3 is 29.7 Å². The zero-order valence-electron chi connectivity index (χ0n) is 22.7. The van der Waals surface area contributed by atoms with Crippen LogP contribution in [0.4, 0.5) is 27.9 Å². The SMILES string of the molecule is COc1cc(N2CCOCC2)ccc1Nc1nc(NC2CCCCC2)c2ccn(C(=O)OC(C)(C)C)c2n1. The monoisotopic (exact) mass is 522 g/mol. The quantitative estimate of drug-likeness (QED) is 0.431. The van der Waals surface area contributed by atoms with Crippen LogP contribution in [0, 0.1) is 0 Å². The molecule has 0 radical (unpaired) electrons. The standard InChI is InChI=1S/C28H38N6O4/c1-28(2,3)38-27(35)34-13-12-21-24(29-19-8-6-5-7-9-19)31-26(32-25(21)34)30-22-11-10-20(18-23(22)36-4)33-14-16-37-17-15-33/h10-13,18-19H,5-9,14-17H2,1-4H3,(H2,29,30,31,32). The highest BCUT2D eigenvalue weighted by atomic mass is 16.6. The molecule has 1 aliphatic carbocycles. The van der Waals surface area contributed by atoms with Crippen molar-refractivity contribution in [3.8, 4) is 5.75 Å². The molecule has 3 heterocycles. The lowest BCUT2D eigenvalue weighted by atomic mass is 9.95. The molecule has 0 spiro atoms. The average molecular weight is 523 g/mol. The van der Waals surface area contributed by atoms with E-state index in [1.165, 1.54) is 23.8 Å². The number of methoxy groups -OCH3 is 1. The summed E-state index contributed by atoms with van der Waals surface area (Å²) in [4.78, 5) is 24.9. The first-order valence-electron chi connectivity index (χ1n) is 13.5. The van der Waals surface area contributed by atoms with Crippen LogP contribution in [0.1, 0.15) is 52.9 Å². The van der Waals surface area contributed by atoms with Crippen LogP contribution in [-0.4, -0.2) is 65.7 Å². The highest BCUT2D eigenvalue weighted by Crippen LogP contribution is 2.34. The highest BCUT2D eigenvalue weighted by molar-refractivity contribution is 5.94. The van der Waals surface area contributed by atoms with E-state index in [1.807, 2.05) is 39.0 Å². The minimum absolute atomic E-state index is 0.335. The third kappa shape index (κ3) is 5.96. The Morgan fingerprint density at radius 3 is 2.55 bits per heavy atom. The van der Waals surface area contributed by atoms with Crippen molar-refractivity contribution in [1.82, 2.24) is 14.5 Å². The zero-order chi connectivity index (χ0) is 26.7. The number of carbonyl (C=O) groups excluding carboxylic acids is 1. The molecule has 1 saturated carbocycles. The third-order valence-electron chi connectivity index (χ3n) is 6.89. The Kier molecular flexibility index (Phi) is 7.60. The number of carbonyl (C=O) groups is 1. The van der Waals surface area contributed by atoms with Gasteiger partial charge >= 0.3 is 6.09 Å². The maximum Gasteiger partial charge on any atom is 0.420 e. The van der Waals surface area contributed by atoms with Crippen molar-refractivity contribution in [2.45, 2.75) is 64.5 Å². The van der Waals surface area contributed by atoms with Crippen molar-refractivity contribution in [2.24, 2.45) is 0 Å². The molecule has 1 aromatic carbocycles. The van der Waals surface area contributed by atoms with Gasteiger partial charge in [-0.15, -0.1) is 0 Å². The predicted molar refractivity (Wildman–Crippen MR) is 149 cm³/mol. The molecule has 10 nitrogen and oxygen atoms in total. The summed E-state index contributed by atoms with van der Waals surface area (Å²) in [5.41, 5.74) is 1.67. The van der Waals surface area contributed by atoms with Crippen molar-refractivity contribution >= 4 is 40.3 Å². The first kappa shape index (κ1) is 26.1. The zero-order valence-corrected chi connectivity index (χ0v) is 22.7. The molecule has 2 N–H and O–H groups in total. The molecular weight excluding hydrogens is 484 g/mol. The maximum absolute atomic E-state index is 13.0. The molecule has 5 rings (SSSR count). The van der Waals surface area contributed by atoms with Gasteiger partial charge in [0.05, 0.1) is 31.4 Å². The van der Waals surface area contributed by atoms with Crippen molar-refractivity contribution in [3.05, 3.63) is 30.5 Å². The number of anilines is 4. The Labute approximate surface area is 223 Å². The van der Waals surface area contributed by atoms with E-state index in [4.69, 9.17) is 24.2 Å². The van der Waals surface area contributed by atoms with E-state index in [1.54, 1.807) is 13.3 Å². The number of morpholine rings is 1. The smallest absolute Gasteiger partial charge is 0.420 e. The number of rotatable bonds is 6. The van der Waals surface area contributed by atoms with E-state index < -0.39 is 11.7 Å². The molecule has 2 aromatic heterocycles. The van der Waals surface area contributed by atoms with Gasteiger partial charge in [0.25, 0.3) is 0 Å². The summed E-state index contributed by atoms with van der Waals surface area (Å²) < 4.78 is 18.3. The van der Waals surface area contributed by atoms with E-state index >= 15 is 0 Å². The Morgan fingerprint density at radius 1 is 1.08 bits per heavy atom. The Morgan fingerprint density at radius 2 is 1.84 bits per heavy atom. The largest absolute Gasteiger partial charge is 0.494 e. The van der Waals surface area contributed by atoms with Gasteiger partial charge in [0.15, 0.2) is 5.65 Å². The fraction of sp³-hybridized carbons (Fsp3) is 0.536. The fourth-order valence-corrected chi connectivity index (χ4v) is 5.00. The summed E-state index contributed by atoms with van der Waals surface area (Å²) in [7, 11) is 1.65. The van der Waals surface area contributed by atoms with E-state index in [9.17, 15) is 4.79 Å². The molecule has 0 unspecified atom stereocenters. The van der Waals surface area contributed by atoms with E-state index in [-0.39, 0.29) is 0 Å². The molecule has 10 heteroatoms. The second kappa shape index (κ2) is 11.1. The molecule has 3 aromatic rings. The molecular formula is C28H38N6O4. The van der Waals surface area contributed by atoms with Crippen molar-refractivity contribution in [3.63, 3.8) is 0 Å². The van der Waals surface area contributed by atoms with E-state index in [0.717, 1.165) is 42.7 Å². The molecule has 2 aliphatic rings. The second-order valence-electron chi connectivity index (χ2n) is 10.9. The molecule has 0 bridgehead atoms. The molecule has 204 valence electrons. The van der Waals surface area contributed by atoms with Gasteiger partial charge in [-0.3, -0.25) is 0 Å². The number of benzene rings is 1. The van der Waals surface area contributed by atoms with Crippen LogP contribution in [0.25, 0.3) is 11.0 Å². The van der Waals surface area contributed by atoms with Crippen LogP contribution in [-0.2, 0) is 9.47 Å². The molecule has 2 fully saturated rings. The molecule has 0 amide bonds. The number of fused-ring (bicyclic) bond motifs is 1. The summed E-state index contributed by atoms with van der Waals surface area (Å²) in [6.45, 7) is 8.65. The number of ether oxygens (including phenoxy) is 3. The van der Waals surface area contributed by atoms with Gasteiger partial charge in [0, 0.05) is 37.1 Å². The van der Waals surface area contributed by atoms with Crippen molar-refractivity contribution < 1.29 is 19.0 Å². The Bertz CT molecular complexity index is 1270. The van der Waals surface area contributed by atoms with Crippen LogP contribution in [0.2, 0.25) is 0 Å². The summed E-state index contributed by atoms with van der Waals surface area (Å²) in [6, 6.07) is 8.24. The lowest BCUT2D eigenvalue weighted by Gasteiger charge is -2.29.